The van der Waals surface area contributed by atoms with Crippen molar-refractivity contribution in [1.29, 1.82) is 0 Å². The molecule has 0 saturated heterocycles. The highest BCUT2D eigenvalue weighted by Gasteiger charge is 2.27. The van der Waals surface area contributed by atoms with Crippen LogP contribution in [0.2, 0.25) is 5.02 Å². The zero-order chi connectivity index (χ0) is 27.9. The molecule has 1 amide bonds. The molecule has 2 aromatic carbocycles. The summed E-state index contributed by atoms with van der Waals surface area (Å²) in [4.78, 5) is 37.7. The number of carbonyl (C=O) groups excluding carboxylic acids is 3. The smallest absolute Gasteiger partial charge is 0.341 e. The molecule has 0 unspecified atom stereocenters. The highest BCUT2D eigenvalue weighted by atomic mass is 35.5. The van der Waals surface area contributed by atoms with Crippen molar-refractivity contribution in [2.75, 3.05) is 31.6 Å². The van der Waals surface area contributed by atoms with Crippen molar-refractivity contribution >= 4 is 55.8 Å². The Bertz CT molecular complexity index is 1420. The van der Waals surface area contributed by atoms with E-state index in [2.05, 4.69) is 5.32 Å². The zero-order valence-corrected chi connectivity index (χ0v) is 23.4. The average molecular weight is 579 g/mol. The first-order valence-corrected chi connectivity index (χ1v) is 14.4. The molecule has 202 valence electrons. The number of hydrogen-bond acceptors (Lipinski definition) is 8. The standard InChI is InChI=1S/C26H27ClN2O7S2/c1-4-29(5-2)38(33,34)21-14-18(12-13-20(21)27)25(31)36-15-22(30)28-24-23(26(32)35-6-3)19(16-37-24)17-10-8-7-9-11-17/h7-14,16H,4-6,15H2,1-3H3,(H,28,30). The van der Waals surface area contributed by atoms with Gasteiger partial charge in [-0.25, -0.2) is 18.0 Å². The second-order valence-electron chi connectivity index (χ2n) is 7.80. The lowest BCUT2D eigenvalue weighted by atomic mass is 10.0. The van der Waals surface area contributed by atoms with Crippen molar-refractivity contribution in [2.24, 2.45) is 0 Å². The molecule has 1 N–H and O–H groups in total. The summed E-state index contributed by atoms with van der Waals surface area (Å²) >= 11 is 7.25. The number of carbonyl (C=O) groups is 3. The molecule has 3 rings (SSSR count). The number of ether oxygens (including phenoxy) is 2. The number of nitrogens with zero attached hydrogens (tertiary/aromatic N) is 1. The Morgan fingerprint density at radius 1 is 0.974 bits per heavy atom. The summed E-state index contributed by atoms with van der Waals surface area (Å²) in [5, 5.41) is 4.55. The van der Waals surface area contributed by atoms with E-state index in [1.807, 2.05) is 30.3 Å². The zero-order valence-electron chi connectivity index (χ0n) is 21.0. The summed E-state index contributed by atoms with van der Waals surface area (Å²) in [6.45, 7) is 5.00. The average Bonchev–Trinajstić information content (AvgIpc) is 3.32. The largest absolute Gasteiger partial charge is 0.462 e. The van der Waals surface area contributed by atoms with Crippen LogP contribution >= 0.6 is 22.9 Å². The van der Waals surface area contributed by atoms with Crippen molar-refractivity contribution < 1.29 is 32.3 Å². The van der Waals surface area contributed by atoms with Gasteiger partial charge in [0.2, 0.25) is 10.0 Å². The van der Waals surface area contributed by atoms with E-state index in [0.29, 0.717) is 5.56 Å². The number of hydrogen-bond donors (Lipinski definition) is 1. The summed E-state index contributed by atoms with van der Waals surface area (Å²) < 4.78 is 37.3. The van der Waals surface area contributed by atoms with Gasteiger partial charge in [0, 0.05) is 24.0 Å². The van der Waals surface area contributed by atoms with Gasteiger partial charge >= 0.3 is 11.9 Å². The molecular formula is C26H27ClN2O7S2. The summed E-state index contributed by atoms with van der Waals surface area (Å²) in [5.41, 5.74) is 1.50. The third kappa shape index (κ3) is 6.60. The lowest BCUT2D eigenvalue weighted by molar-refractivity contribution is -0.119. The van der Waals surface area contributed by atoms with Crippen molar-refractivity contribution in [3.05, 3.63) is 70.1 Å². The predicted octanol–water partition coefficient (Wildman–Crippen LogP) is 5.07. The van der Waals surface area contributed by atoms with Gasteiger partial charge in [-0.2, -0.15) is 4.31 Å². The Balaban J connectivity index is 1.76. The number of amides is 1. The van der Waals surface area contributed by atoms with E-state index in [0.717, 1.165) is 23.0 Å². The Morgan fingerprint density at radius 3 is 2.29 bits per heavy atom. The number of rotatable bonds is 11. The van der Waals surface area contributed by atoms with Crippen LogP contribution in [0.1, 0.15) is 41.5 Å². The van der Waals surface area contributed by atoms with E-state index in [9.17, 15) is 22.8 Å². The van der Waals surface area contributed by atoms with Crippen molar-refractivity contribution in [3.63, 3.8) is 0 Å². The molecule has 0 aliphatic heterocycles. The number of benzene rings is 2. The van der Waals surface area contributed by atoms with Gasteiger partial charge in [-0.05, 0) is 30.7 Å². The molecule has 0 radical (unpaired) electrons. The predicted molar refractivity (Wildman–Crippen MR) is 146 cm³/mol. The summed E-state index contributed by atoms with van der Waals surface area (Å²) in [6.07, 6.45) is 0. The molecule has 0 atom stereocenters. The molecule has 0 aliphatic carbocycles. The number of sulfonamides is 1. The SMILES string of the molecule is CCOC(=O)c1c(-c2ccccc2)csc1NC(=O)COC(=O)c1ccc(Cl)c(S(=O)(=O)N(CC)CC)c1. The number of esters is 2. The molecular weight excluding hydrogens is 552 g/mol. The van der Waals surface area contributed by atoms with E-state index < -0.39 is 34.5 Å². The molecule has 12 heteroatoms. The fraction of sp³-hybridized carbons (Fsp3) is 0.269. The maximum absolute atomic E-state index is 12.9. The fourth-order valence-electron chi connectivity index (χ4n) is 3.59. The van der Waals surface area contributed by atoms with Crippen LogP contribution in [-0.2, 0) is 24.3 Å². The van der Waals surface area contributed by atoms with Gasteiger partial charge in [-0.15, -0.1) is 11.3 Å². The molecule has 1 aromatic heterocycles. The minimum Gasteiger partial charge on any atom is -0.462 e. The van der Waals surface area contributed by atoms with E-state index in [4.69, 9.17) is 21.1 Å². The van der Waals surface area contributed by atoms with Crippen molar-refractivity contribution in [3.8, 4) is 11.1 Å². The van der Waals surface area contributed by atoms with Crippen LogP contribution < -0.4 is 5.32 Å². The molecule has 1 heterocycles. The third-order valence-corrected chi connectivity index (χ3v) is 8.86. The Labute approximate surface area is 230 Å². The van der Waals surface area contributed by atoms with E-state index >= 15 is 0 Å². The third-order valence-electron chi connectivity index (χ3n) is 5.43. The number of halogens is 1. The number of anilines is 1. The van der Waals surface area contributed by atoms with Gasteiger partial charge in [0.25, 0.3) is 5.91 Å². The molecule has 0 saturated carbocycles. The van der Waals surface area contributed by atoms with Gasteiger partial charge in [0.15, 0.2) is 6.61 Å². The molecule has 38 heavy (non-hydrogen) atoms. The monoisotopic (exact) mass is 578 g/mol. The van der Waals surface area contributed by atoms with Crippen LogP contribution in [0.4, 0.5) is 5.00 Å². The van der Waals surface area contributed by atoms with Gasteiger partial charge in [-0.3, -0.25) is 4.79 Å². The lowest BCUT2D eigenvalue weighted by Gasteiger charge is -2.19. The lowest BCUT2D eigenvalue weighted by Crippen LogP contribution is -2.31. The second-order valence-corrected chi connectivity index (χ2v) is 11.0. The van der Waals surface area contributed by atoms with Gasteiger partial charge in [-0.1, -0.05) is 55.8 Å². The van der Waals surface area contributed by atoms with Gasteiger partial charge in [0.05, 0.1) is 17.2 Å². The van der Waals surface area contributed by atoms with Crippen molar-refractivity contribution in [2.45, 2.75) is 25.7 Å². The Kier molecular flexibility index (Phi) is 10.0. The highest BCUT2D eigenvalue weighted by Crippen LogP contribution is 2.36. The summed E-state index contributed by atoms with van der Waals surface area (Å²) in [6, 6.07) is 12.9. The van der Waals surface area contributed by atoms with Crippen LogP contribution in [0, 0.1) is 0 Å². The molecule has 9 nitrogen and oxygen atoms in total. The topological polar surface area (TPSA) is 119 Å². The first kappa shape index (κ1) is 29.3. The first-order chi connectivity index (χ1) is 18.1. The van der Waals surface area contributed by atoms with E-state index in [1.54, 1.807) is 26.2 Å². The molecule has 0 aliphatic rings. The second kappa shape index (κ2) is 13.0. The van der Waals surface area contributed by atoms with Crippen LogP contribution in [0.3, 0.4) is 0 Å². The number of nitrogens with one attached hydrogen (secondary N) is 1. The maximum atomic E-state index is 12.9. The Morgan fingerprint density at radius 2 is 1.66 bits per heavy atom. The van der Waals surface area contributed by atoms with Crippen molar-refractivity contribution in [1.82, 2.24) is 4.31 Å². The van der Waals surface area contributed by atoms with Gasteiger partial charge in [0.1, 0.15) is 15.5 Å². The summed E-state index contributed by atoms with van der Waals surface area (Å²) in [7, 11) is -3.93. The molecule has 0 spiro atoms. The maximum Gasteiger partial charge on any atom is 0.341 e. The molecule has 0 bridgehead atoms. The minimum absolute atomic E-state index is 0.0374. The highest BCUT2D eigenvalue weighted by molar-refractivity contribution is 7.89. The van der Waals surface area contributed by atoms with Gasteiger partial charge < -0.3 is 14.8 Å². The normalized spacial score (nSPS) is 11.3. The fourth-order valence-corrected chi connectivity index (χ4v) is 6.53. The van der Waals surface area contributed by atoms with Crippen LogP contribution in [0.25, 0.3) is 11.1 Å². The molecule has 3 aromatic rings. The van der Waals surface area contributed by atoms with Crippen LogP contribution in [0.15, 0.2) is 58.8 Å². The quantitative estimate of drug-likeness (QED) is 0.315. The van der Waals surface area contributed by atoms with E-state index in [1.165, 1.54) is 16.4 Å². The van der Waals surface area contributed by atoms with Crippen LogP contribution in [0.5, 0.6) is 0 Å². The number of thiophene rings is 1. The first-order valence-electron chi connectivity index (χ1n) is 11.7. The summed E-state index contributed by atoms with van der Waals surface area (Å²) in [5.74, 6) is -2.19. The minimum atomic E-state index is -3.93. The van der Waals surface area contributed by atoms with E-state index in [-0.39, 0.29) is 45.7 Å². The Hall–Kier alpha value is -3.25. The van der Waals surface area contributed by atoms with Crippen LogP contribution in [-0.4, -0.2) is 56.9 Å². The molecule has 0 fully saturated rings.